The number of nitrogens with one attached hydrogen (secondary N) is 1. The second kappa shape index (κ2) is 3.28. The van der Waals surface area contributed by atoms with Gasteiger partial charge >= 0.3 is 0 Å². The van der Waals surface area contributed by atoms with Gasteiger partial charge in [0.15, 0.2) is 0 Å². The molecule has 3 N–H and O–H groups in total. The van der Waals surface area contributed by atoms with Crippen molar-refractivity contribution in [1.82, 2.24) is 0 Å². The molecule has 0 spiro atoms. The third kappa shape index (κ3) is 1.75. The molecule has 0 radical (unpaired) electrons. The molecule has 0 saturated heterocycles. The predicted molar refractivity (Wildman–Crippen MR) is 60.5 cm³/mol. The fraction of sp³-hybridized carbons (Fsp3) is 0.500. The highest BCUT2D eigenvalue weighted by Crippen LogP contribution is 2.26. The van der Waals surface area contributed by atoms with E-state index >= 15 is 0 Å². The minimum absolute atomic E-state index is 0.230. The molecule has 0 amide bonds. The molecule has 1 heterocycles. The van der Waals surface area contributed by atoms with Crippen LogP contribution in [0, 0.1) is 0 Å². The van der Waals surface area contributed by atoms with Crippen molar-refractivity contribution in [3.05, 3.63) is 29.3 Å². The lowest BCUT2D eigenvalue weighted by molar-refractivity contribution is 0.553. The molecule has 76 valence electrons. The van der Waals surface area contributed by atoms with Crippen molar-refractivity contribution in [2.75, 3.05) is 11.9 Å². The number of anilines is 1. The number of rotatable bonds is 1. The maximum atomic E-state index is 6.07. The number of nitrogens with two attached hydrogens (primary N) is 1. The van der Waals surface area contributed by atoms with Crippen LogP contribution in [0.3, 0.4) is 0 Å². The van der Waals surface area contributed by atoms with E-state index in [4.69, 9.17) is 5.73 Å². The largest absolute Gasteiger partial charge is 0.385 e. The van der Waals surface area contributed by atoms with Crippen LogP contribution in [0.2, 0.25) is 0 Å². The third-order valence-corrected chi connectivity index (χ3v) is 2.79. The lowest BCUT2D eigenvalue weighted by Crippen LogP contribution is -2.29. The van der Waals surface area contributed by atoms with Crippen molar-refractivity contribution in [3.8, 4) is 0 Å². The van der Waals surface area contributed by atoms with Gasteiger partial charge in [-0.3, -0.25) is 0 Å². The first-order chi connectivity index (χ1) is 6.57. The van der Waals surface area contributed by atoms with Gasteiger partial charge in [0.1, 0.15) is 0 Å². The maximum Gasteiger partial charge on any atom is 0.0372 e. The third-order valence-electron chi connectivity index (χ3n) is 2.79. The zero-order chi connectivity index (χ0) is 10.2. The summed E-state index contributed by atoms with van der Waals surface area (Å²) in [7, 11) is 0. The van der Waals surface area contributed by atoms with Gasteiger partial charge in [0.05, 0.1) is 0 Å². The predicted octanol–water partition coefficient (Wildman–Crippen LogP) is 2.24. The fourth-order valence-corrected chi connectivity index (χ4v) is 1.88. The second-order valence-electron chi connectivity index (χ2n) is 4.62. The Hall–Kier alpha value is -1.02. The van der Waals surface area contributed by atoms with Crippen molar-refractivity contribution in [3.63, 3.8) is 0 Å². The molecule has 0 fully saturated rings. The van der Waals surface area contributed by atoms with E-state index in [1.54, 1.807) is 0 Å². The molecule has 1 aromatic carbocycles. The van der Waals surface area contributed by atoms with Crippen molar-refractivity contribution >= 4 is 5.69 Å². The summed E-state index contributed by atoms with van der Waals surface area (Å²) in [5.41, 5.74) is 9.75. The van der Waals surface area contributed by atoms with Crippen LogP contribution in [0.25, 0.3) is 0 Å². The average Bonchev–Trinajstić information content (AvgIpc) is 2.16. The molecule has 0 atom stereocenters. The summed E-state index contributed by atoms with van der Waals surface area (Å²) >= 11 is 0. The van der Waals surface area contributed by atoms with Gasteiger partial charge in [-0.1, -0.05) is 12.1 Å². The van der Waals surface area contributed by atoms with Crippen LogP contribution >= 0.6 is 0 Å². The van der Waals surface area contributed by atoms with Crippen LogP contribution in [0.15, 0.2) is 18.2 Å². The Morgan fingerprint density at radius 1 is 1.36 bits per heavy atom. The SMILES string of the molecule is CC(C)(N)c1ccc2c(c1)CCCN2. The molecule has 1 aliphatic rings. The van der Waals surface area contributed by atoms with Crippen LogP contribution in [-0.2, 0) is 12.0 Å². The second-order valence-corrected chi connectivity index (χ2v) is 4.62. The van der Waals surface area contributed by atoms with Gasteiger partial charge in [-0.2, -0.15) is 0 Å². The van der Waals surface area contributed by atoms with Gasteiger partial charge in [-0.05, 0) is 43.9 Å². The lowest BCUT2D eigenvalue weighted by atomic mass is 9.91. The van der Waals surface area contributed by atoms with Crippen molar-refractivity contribution in [2.24, 2.45) is 5.73 Å². The first-order valence-electron chi connectivity index (χ1n) is 5.23. The highest BCUT2D eigenvalue weighted by Gasteiger charge is 2.16. The van der Waals surface area contributed by atoms with Gasteiger partial charge in [0.25, 0.3) is 0 Å². The molecule has 2 nitrogen and oxygen atoms in total. The molecule has 1 aromatic rings. The number of hydrogen-bond acceptors (Lipinski definition) is 2. The summed E-state index contributed by atoms with van der Waals surface area (Å²) in [5.74, 6) is 0. The maximum absolute atomic E-state index is 6.07. The monoisotopic (exact) mass is 190 g/mol. The Kier molecular flexibility index (Phi) is 2.23. The molecular formula is C12H18N2. The van der Waals surface area contributed by atoms with E-state index in [1.807, 2.05) is 13.8 Å². The van der Waals surface area contributed by atoms with Crippen LogP contribution in [-0.4, -0.2) is 6.54 Å². The van der Waals surface area contributed by atoms with Crippen LogP contribution < -0.4 is 11.1 Å². The highest BCUT2D eigenvalue weighted by molar-refractivity contribution is 5.55. The highest BCUT2D eigenvalue weighted by atomic mass is 14.9. The quantitative estimate of drug-likeness (QED) is 0.712. The minimum atomic E-state index is -0.230. The van der Waals surface area contributed by atoms with Gasteiger partial charge < -0.3 is 11.1 Å². The Labute approximate surface area is 85.5 Å². The molecule has 0 aliphatic carbocycles. The van der Waals surface area contributed by atoms with Crippen molar-refractivity contribution in [2.45, 2.75) is 32.2 Å². The van der Waals surface area contributed by atoms with Gasteiger partial charge in [0.2, 0.25) is 0 Å². The first-order valence-corrected chi connectivity index (χ1v) is 5.23. The number of aryl methyl sites for hydroxylation is 1. The normalized spacial score (nSPS) is 15.9. The topological polar surface area (TPSA) is 38.0 Å². The fourth-order valence-electron chi connectivity index (χ4n) is 1.88. The molecule has 0 aromatic heterocycles. The number of benzene rings is 1. The summed E-state index contributed by atoms with van der Waals surface area (Å²) in [4.78, 5) is 0. The minimum Gasteiger partial charge on any atom is -0.385 e. The molecule has 0 unspecified atom stereocenters. The molecule has 14 heavy (non-hydrogen) atoms. The van der Waals surface area contributed by atoms with Crippen LogP contribution in [0.5, 0.6) is 0 Å². The van der Waals surface area contributed by atoms with E-state index in [0.29, 0.717) is 0 Å². The molecule has 0 saturated carbocycles. The summed E-state index contributed by atoms with van der Waals surface area (Å²) in [6.07, 6.45) is 2.40. The Balaban J connectivity index is 2.39. The zero-order valence-corrected chi connectivity index (χ0v) is 8.93. The van der Waals surface area contributed by atoms with Crippen LogP contribution in [0.1, 0.15) is 31.4 Å². The smallest absolute Gasteiger partial charge is 0.0372 e. The Morgan fingerprint density at radius 2 is 2.14 bits per heavy atom. The number of fused-ring (bicyclic) bond motifs is 1. The van der Waals surface area contributed by atoms with Gasteiger partial charge in [-0.15, -0.1) is 0 Å². The zero-order valence-electron chi connectivity index (χ0n) is 8.93. The van der Waals surface area contributed by atoms with E-state index in [0.717, 1.165) is 6.54 Å². The average molecular weight is 190 g/mol. The standard InChI is InChI=1S/C12H18N2/c1-12(2,13)10-5-6-11-9(8-10)4-3-7-14-11/h5-6,8,14H,3-4,7,13H2,1-2H3. The first kappa shape index (κ1) is 9.53. The summed E-state index contributed by atoms with van der Waals surface area (Å²) in [5, 5.41) is 3.40. The van der Waals surface area contributed by atoms with E-state index in [1.165, 1.54) is 29.7 Å². The van der Waals surface area contributed by atoms with E-state index < -0.39 is 0 Å². The molecule has 1 aliphatic heterocycles. The molecule has 0 bridgehead atoms. The lowest BCUT2D eigenvalue weighted by Gasteiger charge is -2.24. The Bertz CT molecular complexity index is 337. The molecule has 2 heteroatoms. The Morgan fingerprint density at radius 3 is 2.86 bits per heavy atom. The van der Waals surface area contributed by atoms with E-state index in [2.05, 4.69) is 23.5 Å². The molecular weight excluding hydrogens is 172 g/mol. The van der Waals surface area contributed by atoms with E-state index in [9.17, 15) is 0 Å². The van der Waals surface area contributed by atoms with Crippen LogP contribution in [0.4, 0.5) is 5.69 Å². The summed E-state index contributed by atoms with van der Waals surface area (Å²) in [6.45, 7) is 5.19. The summed E-state index contributed by atoms with van der Waals surface area (Å²) in [6, 6.07) is 6.51. The molecule has 2 rings (SSSR count). The van der Waals surface area contributed by atoms with Crippen molar-refractivity contribution < 1.29 is 0 Å². The van der Waals surface area contributed by atoms with Gasteiger partial charge in [-0.25, -0.2) is 0 Å². The number of hydrogen-bond donors (Lipinski definition) is 2. The van der Waals surface area contributed by atoms with Gasteiger partial charge in [0, 0.05) is 17.8 Å². The van der Waals surface area contributed by atoms with Crippen molar-refractivity contribution in [1.29, 1.82) is 0 Å². The summed E-state index contributed by atoms with van der Waals surface area (Å²) < 4.78 is 0. The van der Waals surface area contributed by atoms with E-state index in [-0.39, 0.29) is 5.54 Å².